The number of rotatable bonds is 4. The lowest BCUT2D eigenvalue weighted by atomic mass is 10.2. The minimum Gasteiger partial charge on any atom is -0.352 e. The highest BCUT2D eigenvalue weighted by Crippen LogP contribution is 2.14. The summed E-state index contributed by atoms with van der Waals surface area (Å²) in [6, 6.07) is 11.7. The molecule has 0 bridgehead atoms. The normalized spacial score (nSPS) is 11.7. The second kappa shape index (κ2) is 7.68. The van der Waals surface area contributed by atoms with E-state index in [1.165, 1.54) is 0 Å². The Morgan fingerprint density at radius 3 is 2.75 bits per heavy atom. The van der Waals surface area contributed by atoms with E-state index in [0.717, 1.165) is 26.4 Å². The van der Waals surface area contributed by atoms with E-state index >= 15 is 0 Å². The van der Waals surface area contributed by atoms with Gasteiger partial charge < -0.3 is 15.0 Å². The average molecular weight is 407 g/mol. The molecule has 0 aliphatic heterocycles. The highest BCUT2D eigenvalue weighted by molar-refractivity contribution is 9.10. The van der Waals surface area contributed by atoms with E-state index < -0.39 is 0 Å². The number of nitrogens with zero attached hydrogens (tertiary/aromatic N) is 3. The predicted molar refractivity (Wildman–Crippen MR) is 101 cm³/mol. The molecule has 5 nitrogen and oxygen atoms in total. The van der Waals surface area contributed by atoms with Gasteiger partial charge in [0, 0.05) is 35.5 Å². The molecule has 2 heterocycles. The number of hydrogen-bond acceptors (Lipinski definition) is 2. The Hall–Kier alpha value is -2.05. The lowest BCUT2D eigenvalue weighted by Crippen LogP contribution is -2.36. The van der Waals surface area contributed by atoms with Crippen LogP contribution in [0.5, 0.6) is 0 Å². The number of benzene rings is 1. The molecule has 0 saturated heterocycles. The predicted octanol–water partition coefficient (Wildman–Crippen LogP) is 3.62. The monoisotopic (exact) mass is 405 g/mol. The largest absolute Gasteiger partial charge is 0.352 e. The topological polar surface area (TPSA) is 53.7 Å². The standard InChI is InChI=1S/C17H17BrClN5/c1-20-17(21-8-12-4-2-3-5-15(12)19)22-9-14-11-24-10-13(18)6-7-16(24)23-14/h2-7,10-11H,8-9H2,1H3,(H2,20,21,22). The smallest absolute Gasteiger partial charge is 0.191 e. The minimum atomic E-state index is 0.585. The van der Waals surface area contributed by atoms with Crippen LogP contribution in [0.4, 0.5) is 0 Å². The fraction of sp³-hybridized carbons (Fsp3) is 0.176. The molecule has 0 atom stereocenters. The van der Waals surface area contributed by atoms with Crippen molar-refractivity contribution in [1.82, 2.24) is 20.0 Å². The molecule has 124 valence electrons. The lowest BCUT2D eigenvalue weighted by Gasteiger charge is -2.11. The van der Waals surface area contributed by atoms with Crippen LogP contribution in [0.3, 0.4) is 0 Å². The van der Waals surface area contributed by atoms with Gasteiger partial charge in [-0.1, -0.05) is 29.8 Å². The number of guanidine groups is 1. The molecule has 0 fully saturated rings. The first-order valence-electron chi connectivity index (χ1n) is 7.47. The third-order valence-electron chi connectivity index (χ3n) is 3.53. The Kier molecular flexibility index (Phi) is 5.37. The van der Waals surface area contributed by atoms with Gasteiger partial charge in [0.05, 0.1) is 12.2 Å². The zero-order valence-corrected chi connectivity index (χ0v) is 15.5. The summed E-state index contributed by atoms with van der Waals surface area (Å²) in [6.07, 6.45) is 3.98. The third-order valence-corrected chi connectivity index (χ3v) is 4.37. The zero-order valence-electron chi connectivity index (χ0n) is 13.1. The van der Waals surface area contributed by atoms with Gasteiger partial charge in [-0.2, -0.15) is 0 Å². The molecule has 2 N–H and O–H groups in total. The van der Waals surface area contributed by atoms with E-state index in [1.54, 1.807) is 7.05 Å². The number of halogens is 2. The molecule has 7 heteroatoms. The van der Waals surface area contributed by atoms with E-state index in [4.69, 9.17) is 11.6 Å². The molecular weight excluding hydrogens is 390 g/mol. The van der Waals surface area contributed by atoms with Crippen molar-refractivity contribution in [3.05, 3.63) is 69.5 Å². The van der Waals surface area contributed by atoms with Crippen LogP contribution in [0, 0.1) is 0 Å². The summed E-state index contributed by atoms with van der Waals surface area (Å²) in [7, 11) is 1.74. The zero-order chi connectivity index (χ0) is 16.9. The maximum absolute atomic E-state index is 6.16. The van der Waals surface area contributed by atoms with Crippen molar-refractivity contribution in [2.24, 2.45) is 4.99 Å². The van der Waals surface area contributed by atoms with Gasteiger partial charge in [0.2, 0.25) is 0 Å². The Morgan fingerprint density at radius 2 is 1.96 bits per heavy atom. The number of imidazole rings is 1. The number of pyridine rings is 1. The fourth-order valence-electron chi connectivity index (χ4n) is 2.32. The van der Waals surface area contributed by atoms with E-state index in [-0.39, 0.29) is 0 Å². The number of nitrogens with one attached hydrogen (secondary N) is 2. The van der Waals surface area contributed by atoms with Crippen molar-refractivity contribution in [3.8, 4) is 0 Å². The van der Waals surface area contributed by atoms with Gasteiger partial charge in [-0.15, -0.1) is 0 Å². The Balaban J connectivity index is 1.60. The van der Waals surface area contributed by atoms with E-state index in [2.05, 4.69) is 36.5 Å². The Morgan fingerprint density at radius 1 is 1.17 bits per heavy atom. The van der Waals surface area contributed by atoms with Crippen LogP contribution >= 0.6 is 27.5 Å². The van der Waals surface area contributed by atoms with Crippen molar-refractivity contribution in [1.29, 1.82) is 0 Å². The summed E-state index contributed by atoms with van der Waals surface area (Å²) in [4.78, 5) is 8.79. The van der Waals surface area contributed by atoms with Gasteiger partial charge in [-0.3, -0.25) is 4.99 Å². The second-order valence-electron chi connectivity index (χ2n) is 5.22. The number of aliphatic imine (C=N–C) groups is 1. The average Bonchev–Trinajstić information content (AvgIpc) is 2.98. The highest BCUT2D eigenvalue weighted by Gasteiger charge is 2.05. The van der Waals surface area contributed by atoms with Crippen LogP contribution in [-0.4, -0.2) is 22.4 Å². The summed E-state index contributed by atoms with van der Waals surface area (Å²) in [5.41, 5.74) is 2.88. The number of aromatic nitrogens is 2. The van der Waals surface area contributed by atoms with Crippen molar-refractivity contribution in [2.75, 3.05) is 7.05 Å². The molecule has 3 aromatic rings. The molecular formula is C17H17BrClN5. The van der Waals surface area contributed by atoms with Gasteiger partial charge in [0.25, 0.3) is 0 Å². The first kappa shape index (κ1) is 16.8. The molecule has 0 saturated carbocycles. The maximum Gasteiger partial charge on any atom is 0.191 e. The van der Waals surface area contributed by atoms with Crippen LogP contribution in [-0.2, 0) is 13.1 Å². The summed E-state index contributed by atoms with van der Waals surface area (Å²) >= 11 is 9.62. The molecule has 2 aromatic heterocycles. The van der Waals surface area contributed by atoms with Gasteiger partial charge >= 0.3 is 0 Å². The van der Waals surface area contributed by atoms with Crippen LogP contribution in [0.25, 0.3) is 5.65 Å². The quantitative estimate of drug-likeness (QED) is 0.514. The number of fused-ring (bicyclic) bond motifs is 1. The maximum atomic E-state index is 6.16. The fourth-order valence-corrected chi connectivity index (χ4v) is 2.87. The summed E-state index contributed by atoms with van der Waals surface area (Å²) in [5, 5.41) is 7.25. The second-order valence-corrected chi connectivity index (χ2v) is 6.54. The van der Waals surface area contributed by atoms with Gasteiger partial charge in [0.15, 0.2) is 5.96 Å². The minimum absolute atomic E-state index is 0.585. The van der Waals surface area contributed by atoms with Gasteiger partial charge in [-0.25, -0.2) is 4.98 Å². The molecule has 0 amide bonds. The van der Waals surface area contributed by atoms with Crippen LogP contribution in [0.1, 0.15) is 11.3 Å². The Labute approximate surface area is 153 Å². The molecule has 3 rings (SSSR count). The van der Waals surface area contributed by atoms with E-state index in [0.29, 0.717) is 19.0 Å². The number of hydrogen-bond donors (Lipinski definition) is 2. The molecule has 1 aromatic carbocycles. The lowest BCUT2D eigenvalue weighted by molar-refractivity contribution is 0.798. The highest BCUT2D eigenvalue weighted by atomic mass is 79.9. The SMILES string of the molecule is CN=C(NCc1cn2cc(Br)ccc2n1)NCc1ccccc1Cl. The first-order valence-corrected chi connectivity index (χ1v) is 8.64. The molecule has 0 spiro atoms. The van der Waals surface area contributed by atoms with E-state index in [9.17, 15) is 0 Å². The van der Waals surface area contributed by atoms with Gasteiger partial charge in [0.1, 0.15) is 5.65 Å². The first-order chi connectivity index (χ1) is 11.7. The van der Waals surface area contributed by atoms with Crippen molar-refractivity contribution >= 4 is 39.1 Å². The third kappa shape index (κ3) is 4.07. The Bertz CT molecular complexity index is 874. The summed E-state index contributed by atoms with van der Waals surface area (Å²) < 4.78 is 3.00. The molecule has 0 unspecified atom stereocenters. The van der Waals surface area contributed by atoms with Crippen LogP contribution in [0.2, 0.25) is 5.02 Å². The molecule has 24 heavy (non-hydrogen) atoms. The summed E-state index contributed by atoms with van der Waals surface area (Å²) in [5.74, 6) is 0.702. The van der Waals surface area contributed by atoms with Crippen molar-refractivity contribution < 1.29 is 0 Å². The van der Waals surface area contributed by atoms with Crippen LogP contribution < -0.4 is 10.6 Å². The summed E-state index contributed by atoms with van der Waals surface area (Å²) in [6.45, 7) is 1.19. The molecule has 0 aliphatic rings. The van der Waals surface area contributed by atoms with Gasteiger partial charge in [-0.05, 0) is 39.7 Å². The van der Waals surface area contributed by atoms with Crippen molar-refractivity contribution in [2.45, 2.75) is 13.1 Å². The van der Waals surface area contributed by atoms with Crippen LogP contribution in [0.15, 0.2) is 58.3 Å². The molecule has 0 radical (unpaired) electrons. The van der Waals surface area contributed by atoms with E-state index in [1.807, 2.05) is 53.2 Å². The molecule has 0 aliphatic carbocycles. The van der Waals surface area contributed by atoms with Crippen molar-refractivity contribution in [3.63, 3.8) is 0 Å².